The first-order valence-electron chi connectivity index (χ1n) is 6.33. The zero-order valence-corrected chi connectivity index (χ0v) is 13.9. The maximum absolute atomic E-state index is 11.7. The van der Waals surface area contributed by atoms with Crippen LogP contribution in [0.25, 0.3) is 0 Å². The van der Waals surface area contributed by atoms with Crippen molar-refractivity contribution in [1.82, 2.24) is 10.3 Å². The number of hydrogen-bond donors (Lipinski definition) is 1. The lowest BCUT2D eigenvalue weighted by Gasteiger charge is -2.07. The number of carbonyl (C=O) groups excluding carboxylic acids is 1. The van der Waals surface area contributed by atoms with Gasteiger partial charge >= 0.3 is 0 Å². The summed E-state index contributed by atoms with van der Waals surface area (Å²) in [5.41, 5.74) is 0.985. The van der Waals surface area contributed by atoms with Crippen molar-refractivity contribution in [3.05, 3.63) is 40.4 Å². The van der Waals surface area contributed by atoms with Crippen molar-refractivity contribution in [3.63, 3.8) is 0 Å². The minimum atomic E-state index is -0.0208. The summed E-state index contributed by atoms with van der Waals surface area (Å²) >= 11 is 8.78. The molecule has 0 aliphatic rings. The van der Waals surface area contributed by atoms with Crippen LogP contribution >= 0.6 is 34.7 Å². The van der Waals surface area contributed by atoms with Crippen LogP contribution in [0.15, 0.2) is 34.0 Å². The average molecular weight is 343 g/mol. The fourth-order valence-electron chi connectivity index (χ4n) is 1.47. The Bertz CT molecular complexity index is 587. The fourth-order valence-corrected chi connectivity index (χ4v) is 3.27. The van der Waals surface area contributed by atoms with Gasteiger partial charge in [0.1, 0.15) is 12.4 Å². The lowest BCUT2D eigenvalue weighted by molar-refractivity contribution is -0.118. The van der Waals surface area contributed by atoms with Gasteiger partial charge in [0, 0.05) is 16.1 Å². The summed E-state index contributed by atoms with van der Waals surface area (Å²) in [5, 5.41) is 5.45. The number of thioether (sulfide) groups is 1. The molecule has 21 heavy (non-hydrogen) atoms. The molecule has 1 heterocycles. The first kappa shape index (κ1) is 16.1. The Morgan fingerprint density at radius 3 is 2.86 bits per heavy atom. The maximum Gasteiger partial charge on any atom is 0.230 e. The van der Waals surface area contributed by atoms with E-state index in [0.717, 1.165) is 15.8 Å². The molecule has 1 aromatic heterocycles. The van der Waals surface area contributed by atoms with Crippen LogP contribution < -0.4 is 10.1 Å². The molecule has 0 unspecified atom stereocenters. The first-order chi connectivity index (χ1) is 10.1. The van der Waals surface area contributed by atoms with E-state index in [1.807, 2.05) is 12.3 Å². The van der Waals surface area contributed by atoms with E-state index in [0.29, 0.717) is 23.9 Å². The van der Waals surface area contributed by atoms with E-state index in [9.17, 15) is 4.79 Å². The molecule has 4 nitrogen and oxygen atoms in total. The minimum Gasteiger partial charge on any atom is -0.492 e. The van der Waals surface area contributed by atoms with Crippen LogP contribution in [-0.4, -0.2) is 29.8 Å². The van der Waals surface area contributed by atoms with Crippen LogP contribution in [0.3, 0.4) is 0 Å². The zero-order chi connectivity index (χ0) is 15.1. The molecular formula is C14H15ClN2O2S2. The molecule has 1 N–H and O–H groups in total. The number of aromatic nitrogens is 1. The van der Waals surface area contributed by atoms with Crippen molar-refractivity contribution in [1.29, 1.82) is 0 Å². The second-order valence-corrected chi connectivity index (χ2v) is 6.71. The van der Waals surface area contributed by atoms with Gasteiger partial charge in [-0.2, -0.15) is 0 Å². The highest BCUT2D eigenvalue weighted by Crippen LogP contribution is 2.21. The summed E-state index contributed by atoms with van der Waals surface area (Å²) in [5.74, 6) is 1.09. The van der Waals surface area contributed by atoms with E-state index >= 15 is 0 Å². The minimum absolute atomic E-state index is 0.0208. The van der Waals surface area contributed by atoms with Gasteiger partial charge in [-0.05, 0) is 31.2 Å². The fraction of sp³-hybridized carbons (Fsp3) is 0.286. The van der Waals surface area contributed by atoms with Gasteiger partial charge in [-0.25, -0.2) is 4.98 Å². The number of nitrogens with one attached hydrogen (secondary N) is 1. The van der Waals surface area contributed by atoms with Crippen molar-refractivity contribution in [2.75, 3.05) is 18.9 Å². The van der Waals surface area contributed by atoms with Gasteiger partial charge in [0.15, 0.2) is 4.34 Å². The molecule has 2 aromatic rings. The van der Waals surface area contributed by atoms with E-state index < -0.39 is 0 Å². The molecule has 0 aliphatic carbocycles. The molecule has 0 bridgehead atoms. The molecular weight excluding hydrogens is 328 g/mol. The predicted octanol–water partition coefficient (Wildman–Crippen LogP) is 3.39. The molecule has 0 fully saturated rings. The number of aryl methyl sites for hydroxylation is 1. The third-order valence-electron chi connectivity index (χ3n) is 2.43. The van der Waals surface area contributed by atoms with Crippen molar-refractivity contribution >= 4 is 40.6 Å². The number of benzene rings is 1. The Balaban J connectivity index is 1.59. The summed E-state index contributed by atoms with van der Waals surface area (Å²) in [6.07, 6.45) is 0. The summed E-state index contributed by atoms with van der Waals surface area (Å²) < 4.78 is 6.40. The second-order valence-electron chi connectivity index (χ2n) is 4.20. The molecule has 112 valence electrons. The van der Waals surface area contributed by atoms with Gasteiger partial charge in [-0.3, -0.25) is 4.79 Å². The monoisotopic (exact) mass is 342 g/mol. The van der Waals surface area contributed by atoms with E-state index in [1.54, 1.807) is 35.6 Å². The molecule has 1 aromatic carbocycles. The van der Waals surface area contributed by atoms with Crippen LogP contribution in [0.2, 0.25) is 5.02 Å². The van der Waals surface area contributed by atoms with Crippen LogP contribution in [0.4, 0.5) is 0 Å². The van der Waals surface area contributed by atoms with Crippen molar-refractivity contribution in [2.45, 2.75) is 11.3 Å². The van der Waals surface area contributed by atoms with Gasteiger partial charge in [-0.15, -0.1) is 11.3 Å². The van der Waals surface area contributed by atoms with Gasteiger partial charge in [0.2, 0.25) is 5.91 Å². The smallest absolute Gasteiger partial charge is 0.230 e. The van der Waals surface area contributed by atoms with Crippen LogP contribution in [0, 0.1) is 6.92 Å². The number of amides is 1. The molecule has 1 amide bonds. The molecule has 0 atom stereocenters. The molecule has 2 rings (SSSR count). The lowest BCUT2D eigenvalue weighted by Crippen LogP contribution is -2.29. The normalized spacial score (nSPS) is 10.4. The molecule has 0 saturated heterocycles. The highest BCUT2D eigenvalue weighted by molar-refractivity contribution is 8.01. The van der Waals surface area contributed by atoms with Gasteiger partial charge in [0.25, 0.3) is 0 Å². The summed E-state index contributed by atoms with van der Waals surface area (Å²) in [7, 11) is 0. The maximum atomic E-state index is 11.7. The number of carbonyl (C=O) groups is 1. The number of rotatable bonds is 7. The Morgan fingerprint density at radius 1 is 1.43 bits per heavy atom. The first-order valence-corrected chi connectivity index (χ1v) is 8.58. The van der Waals surface area contributed by atoms with Gasteiger partial charge < -0.3 is 10.1 Å². The highest BCUT2D eigenvalue weighted by Gasteiger charge is 2.05. The summed E-state index contributed by atoms with van der Waals surface area (Å²) in [6, 6.07) is 7.12. The van der Waals surface area contributed by atoms with Gasteiger partial charge in [-0.1, -0.05) is 23.4 Å². The van der Waals surface area contributed by atoms with E-state index in [-0.39, 0.29) is 5.91 Å². The number of hydrogen-bond acceptors (Lipinski definition) is 5. The summed E-state index contributed by atoms with van der Waals surface area (Å²) in [4.78, 5) is 15.9. The van der Waals surface area contributed by atoms with Crippen LogP contribution in [-0.2, 0) is 4.79 Å². The number of thiazole rings is 1. The Hall–Kier alpha value is -1.24. The van der Waals surface area contributed by atoms with Crippen molar-refractivity contribution < 1.29 is 9.53 Å². The summed E-state index contributed by atoms with van der Waals surface area (Å²) in [6.45, 7) is 2.84. The van der Waals surface area contributed by atoms with Gasteiger partial charge in [0.05, 0.1) is 12.3 Å². The number of nitrogens with zero attached hydrogens (tertiary/aromatic N) is 1. The quantitative estimate of drug-likeness (QED) is 0.619. The Kier molecular flexibility index (Phi) is 6.35. The Morgan fingerprint density at radius 2 is 2.19 bits per heavy atom. The number of ether oxygens (including phenoxy) is 1. The third-order valence-corrected chi connectivity index (χ3v) is 4.82. The topological polar surface area (TPSA) is 51.2 Å². The van der Waals surface area contributed by atoms with E-state index in [1.165, 1.54) is 11.8 Å². The largest absolute Gasteiger partial charge is 0.492 e. The van der Waals surface area contributed by atoms with E-state index in [4.69, 9.17) is 16.3 Å². The molecule has 0 spiro atoms. The Labute approximate surface area is 136 Å². The SMILES string of the molecule is Cc1csc(SCC(=O)NCCOc2ccc(Cl)cc2)n1. The standard InChI is InChI=1S/C14H15ClN2O2S2/c1-10-8-20-14(17-10)21-9-13(18)16-6-7-19-12-4-2-11(15)3-5-12/h2-5,8H,6-7,9H2,1H3,(H,16,18). The van der Waals surface area contributed by atoms with Crippen LogP contribution in [0.1, 0.15) is 5.69 Å². The zero-order valence-electron chi connectivity index (χ0n) is 11.5. The average Bonchev–Trinajstić information content (AvgIpc) is 2.89. The van der Waals surface area contributed by atoms with Crippen molar-refractivity contribution in [2.24, 2.45) is 0 Å². The third kappa shape index (κ3) is 5.95. The lowest BCUT2D eigenvalue weighted by atomic mass is 10.3. The molecule has 0 radical (unpaired) electrons. The van der Waals surface area contributed by atoms with E-state index in [2.05, 4.69) is 10.3 Å². The molecule has 7 heteroatoms. The number of halogens is 1. The molecule has 0 aliphatic heterocycles. The molecule has 0 saturated carbocycles. The second kappa shape index (κ2) is 8.26. The van der Waals surface area contributed by atoms with Crippen molar-refractivity contribution in [3.8, 4) is 5.75 Å². The predicted molar refractivity (Wildman–Crippen MR) is 87.5 cm³/mol. The van der Waals surface area contributed by atoms with Crippen LogP contribution in [0.5, 0.6) is 5.75 Å². The highest BCUT2D eigenvalue weighted by atomic mass is 35.5.